The number of nitrogens with one attached hydrogen (secondary N) is 1. The molecule has 1 aromatic rings. The van der Waals surface area contributed by atoms with Gasteiger partial charge < -0.3 is 10.2 Å². The van der Waals surface area contributed by atoms with E-state index in [-0.39, 0.29) is 11.8 Å². The maximum atomic E-state index is 12.6. The maximum Gasteiger partial charge on any atom is 0.227 e. The normalized spacial score (nSPS) is 37.0. The lowest BCUT2D eigenvalue weighted by Crippen LogP contribution is -2.48. The van der Waals surface area contributed by atoms with E-state index in [1.165, 1.54) is 44.1 Å². The van der Waals surface area contributed by atoms with Gasteiger partial charge in [0.2, 0.25) is 5.91 Å². The van der Waals surface area contributed by atoms with Gasteiger partial charge in [-0.05, 0) is 112 Å². The summed E-state index contributed by atoms with van der Waals surface area (Å²) in [6.07, 6.45) is 10.6. The zero-order valence-electron chi connectivity index (χ0n) is 16.0. The Labute approximate surface area is 157 Å². The monoisotopic (exact) mass is 352 g/mol. The highest BCUT2D eigenvalue weighted by Crippen LogP contribution is 2.60. The van der Waals surface area contributed by atoms with Crippen LogP contribution in [-0.2, 0) is 10.2 Å². The standard InChI is InChI=1S/C23H32N2O/c1-25-8-6-19(7-9-25)22(26)24-21-4-2-20(3-5-21)23-13-16-10-17(14-23)12-18(11-16)15-23/h2-5,16-19H,6-15H2,1H3,(H,24,26). The first-order valence-corrected chi connectivity index (χ1v) is 10.7. The number of benzene rings is 1. The van der Waals surface area contributed by atoms with Crippen molar-refractivity contribution in [3.8, 4) is 0 Å². The quantitative estimate of drug-likeness (QED) is 0.872. The van der Waals surface area contributed by atoms with Crippen LogP contribution in [0.5, 0.6) is 0 Å². The number of hydrogen-bond acceptors (Lipinski definition) is 2. The fourth-order valence-electron chi connectivity index (χ4n) is 6.89. The molecule has 3 heteroatoms. The van der Waals surface area contributed by atoms with Crippen molar-refractivity contribution in [2.24, 2.45) is 23.7 Å². The van der Waals surface area contributed by atoms with E-state index >= 15 is 0 Å². The van der Waals surface area contributed by atoms with Crippen molar-refractivity contribution in [3.63, 3.8) is 0 Å². The van der Waals surface area contributed by atoms with E-state index in [4.69, 9.17) is 0 Å². The molecule has 0 unspecified atom stereocenters. The highest BCUT2D eigenvalue weighted by Gasteiger charge is 2.51. The highest BCUT2D eigenvalue weighted by molar-refractivity contribution is 5.92. The molecular weight excluding hydrogens is 320 g/mol. The lowest BCUT2D eigenvalue weighted by molar-refractivity contribution is -0.121. The Bertz CT molecular complexity index is 637. The summed E-state index contributed by atoms with van der Waals surface area (Å²) in [6.45, 7) is 2.06. The maximum absolute atomic E-state index is 12.6. The summed E-state index contributed by atoms with van der Waals surface area (Å²) in [5.41, 5.74) is 2.96. The zero-order valence-corrected chi connectivity index (χ0v) is 16.0. The number of carbonyl (C=O) groups excluding carboxylic acids is 1. The van der Waals surface area contributed by atoms with Crippen LogP contribution in [0.1, 0.15) is 56.9 Å². The van der Waals surface area contributed by atoms with E-state index in [1.807, 2.05) is 0 Å². The average molecular weight is 353 g/mol. The van der Waals surface area contributed by atoms with Crippen LogP contribution < -0.4 is 5.32 Å². The zero-order chi connectivity index (χ0) is 17.7. The Morgan fingerprint density at radius 1 is 0.962 bits per heavy atom. The fraction of sp³-hybridized carbons (Fsp3) is 0.696. The molecule has 0 atom stereocenters. The Balaban J connectivity index is 1.27. The van der Waals surface area contributed by atoms with Crippen LogP contribution in [-0.4, -0.2) is 30.9 Å². The topological polar surface area (TPSA) is 32.3 Å². The summed E-state index contributed by atoms with van der Waals surface area (Å²) < 4.78 is 0. The van der Waals surface area contributed by atoms with Gasteiger partial charge >= 0.3 is 0 Å². The summed E-state index contributed by atoms with van der Waals surface area (Å²) >= 11 is 0. The summed E-state index contributed by atoms with van der Waals surface area (Å²) in [5, 5.41) is 3.17. The first-order valence-electron chi connectivity index (χ1n) is 10.7. The van der Waals surface area contributed by atoms with Gasteiger partial charge in [0.1, 0.15) is 0 Å². The van der Waals surface area contributed by atoms with Crippen LogP contribution in [0.15, 0.2) is 24.3 Å². The van der Waals surface area contributed by atoms with Gasteiger partial charge in [0.25, 0.3) is 0 Å². The van der Waals surface area contributed by atoms with E-state index in [2.05, 4.69) is 41.5 Å². The molecule has 1 aromatic carbocycles. The van der Waals surface area contributed by atoms with E-state index in [0.717, 1.165) is 49.4 Å². The molecule has 4 bridgehead atoms. The molecule has 3 nitrogen and oxygen atoms in total. The van der Waals surface area contributed by atoms with Crippen LogP contribution in [0.3, 0.4) is 0 Å². The van der Waals surface area contributed by atoms with Gasteiger partial charge in [0.05, 0.1) is 0 Å². The van der Waals surface area contributed by atoms with Crippen molar-refractivity contribution in [2.75, 3.05) is 25.5 Å². The van der Waals surface area contributed by atoms with Crippen LogP contribution >= 0.6 is 0 Å². The second-order valence-electron chi connectivity index (χ2n) is 9.84. The SMILES string of the molecule is CN1CCC(C(=O)Nc2ccc(C34CC5CC(CC(C5)C3)C4)cc2)CC1. The lowest BCUT2D eigenvalue weighted by atomic mass is 9.48. The third-order valence-corrected chi connectivity index (χ3v) is 7.89. The minimum absolute atomic E-state index is 0.175. The van der Waals surface area contributed by atoms with Crippen molar-refractivity contribution >= 4 is 11.6 Å². The molecule has 0 spiro atoms. The van der Waals surface area contributed by atoms with Crippen molar-refractivity contribution < 1.29 is 4.79 Å². The number of anilines is 1. The largest absolute Gasteiger partial charge is 0.326 e. The molecule has 5 fully saturated rings. The molecule has 0 aromatic heterocycles. The molecule has 1 N–H and O–H groups in total. The van der Waals surface area contributed by atoms with Crippen molar-refractivity contribution in [1.82, 2.24) is 4.90 Å². The molecule has 1 saturated heterocycles. The molecule has 6 rings (SSSR count). The summed E-state index contributed by atoms with van der Waals surface area (Å²) in [5.74, 6) is 3.31. The van der Waals surface area contributed by atoms with Crippen molar-refractivity contribution in [3.05, 3.63) is 29.8 Å². The van der Waals surface area contributed by atoms with E-state index in [0.29, 0.717) is 5.41 Å². The van der Waals surface area contributed by atoms with Gasteiger partial charge in [-0.3, -0.25) is 4.79 Å². The van der Waals surface area contributed by atoms with Crippen molar-refractivity contribution in [2.45, 2.75) is 56.8 Å². The number of amides is 1. The first-order chi connectivity index (χ1) is 12.6. The fourth-order valence-corrected chi connectivity index (χ4v) is 6.89. The van der Waals surface area contributed by atoms with Crippen LogP contribution in [0.25, 0.3) is 0 Å². The molecule has 4 aliphatic carbocycles. The molecule has 140 valence electrons. The first kappa shape index (κ1) is 16.8. The third-order valence-electron chi connectivity index (χ3n) is 7.89. The molecule has 5 aliphatic rings. The summed E-state index contributed by atoms with van der Waals surface area (Å²) in [4.78, 5) is 14.9. The smallest absolute Gasteiger partial charge is 0.227 e. The molecule has 1 amide bonds. The average Bonchev–Trinajstić information content (AvgIpc) is 2.61. The van der Waals surface area contributed by atoms with E-state index < -0.39 is 0 Å². The van der Waals surface area contributed by atoms with Gasteiger partial charge in [-0.2, -0.15) is 0 Å². The third kappa shape index (κ3) is 2.98. The molecule has 4 saturated carbocycles. The summed E-state index contributed by atoms with van der Waals surface area (Å²) in [6, 6.07) is 8.94. The number of nitrogens with zero attached hydrogens (tertiary/aromatic N) is 1. The second kappa shape index (κ2) is 6.37. The van der Waals surface area contributed by atoms with E-state index in [1.54, 1.807) is 0 Å². The summed E-state index contributed by atoms with van der Waals surface area (Å²) in [7, 11) is 2.14. The van der Waals surface area contributed by atoms with Crippen LogP contribution in [0.2, 0.25) is 0 Å². The minimum atomic E-state index is 0.175. The number of likely N-dealkylation sites (tertiary alicyclic amines) is 1. The Hall–Kier alpha value is -1.35. The van der Waals surface area contributed by atoms with Gasteiger partial charge in [0.15, 0.2) is 0 Å². The predicted molar refractivity (Wildman–Crippen MR) is 105 cm³/mol. The van der Waals surface area contributed by atoms with Gasteiger partial charge in [-0.1, -0.05) is 12.1 Å². The Morgan fingerprint density at radius 3 is 2.04 bits per heavy atom. The number of rotatable bonds is 3. The predicted octanol–water partition coefficient (Wildman–Crippen LogP) is 4.43. The van der Waals surface area contributed by atoms with Crippen LogP contribution in [0.4, 0.5) is 5.69 Å². The minimum Gasteiger partial charge on any atom is -0.326 e. The Kier molecular flexibility index (Phi) is 4.11. The highest BCUT2D eigenvalue weighted by atomic mass is 16.1. The lowest BCUT2D eigenvalue weighted by Gasteiger charge is -2.57. The second-order valence-corrected chi connectivity index (χ2v) is 9.84. The van der Waals surface area contributed by atoms with Crippen molar-refractivity contribution in [1.29, 1.82) is 0 Å². The van der Waals surface area contributed by atoms with Gasteiger partial charge in [-0.25, -0.2) is 0 Å². The molecule has 1 heterocycles. The van der Waals surface area contributed by atoms with Crippen LogP contribution in [0, 0.1) is 23.7 Å². The number of carbonyl (C=O) groups is 1. The van der Waals surface area contributed by atoms with E-state index in [9.17, 15) is 4.79 Å². The molecule has 1 aliphatic heterocycles. The number of piperidine rings is 1. The number of hydrogen-bond donors (Lipinski definition) is 1. The molecular formula is C23H32N2O. The van der Waals surface area contributed by atoms with Gasteiger partial charge in [0, 0.05) is 11.6 Å². The molecule has 26 heavy (non-hydrogen) atoms. The molecule has 0 radical (unpaired) electrons. The Morgan fingerprint density at radius 2 is 1.50 bits per heavy atom. The van der Waals surface area contributed by atoms with Gasteiger partial charge in [-0.15, -0.1) is 0 Å².